The smallest absolute Gasteiger partial charge is 0.236 e. The molecule has 0 aliphatic heterocycles. The number of rotatable bonds is 4. The van der Waals surface area contributed by atoms with Crippen molar-refractivity contribution >= 4 is 5.91 Å². The number of carbonyl (C=O) groups excluding carboxylic acids is 1. The van der Waals surface area contributed by atoms with Crippen molar-refractivity contribution in [3.05, 3.63) is 53.9 Å². The Morgan fingerprint density at radius 1 is 1.39 bits per heavy atom. The van der Waals surface area contributed by atoms with Crippen LogP contribution in [-0.2, 0) is 12.8 Å². The highest BCUT2D eigenvalue weighted by Crippen LogP contribution is 2.08. The minimum absolute atomic E-state index is 0.0189. The SMILES string of the molecule is NCCc1cn(C(=O)Cc2ccccc2F)cn1. The summed E-state index contributed by atoms with van der Waals surface area (Å²) in [6, 6.07) is 6.25. The second-order valence-corrected chi connectivity index (χ2v) is 3.97. The molecule has 0 atom stereocenters. The molecule has 94 valence electrons. The van der Waals surface area contributed by atoms with E-state index in [1.807, 2.05) is 0 Å². The molecular formula is C13H14FN3O. The van der Waals surface area contributed by atoms with Gasteiger partial charge in [-0.2, -0.15) is 0 Å². The number of hydrogen-bond donors (Lipinski definition) is 1. The van der Waals surface area contributed by atoms with Crippen molar-refractivity contribution in [1.82, 2.24) is 9.55 Å². The molecule has 0 radical (unpaired) electrons. The molecule has 4 nitrogen and oxygen atoms in total. The molecule has 2 rings (SSSR count). The molecule has 1 aromatic heterocycles. The standard InChI is InChI=1S/C13H14FN3O/c14-12-4-2-1-3-10(12)7-13(18)17-8-11(5-6-15)16-9-17/h1-4,8-9H,5-7,15H2. The number of carbonyl (C=O) groups is 1. The van der Waals surface area contributed by atoms with Crippen LogP contribution in [0.2, 0.25) is 0 Å². The number of imidazole rings is 1. The largest absolute Gasteiger partial charge is 0.330 e. The Balaban J connectivity index is 2.10. The summed E-state index contributed by atoms with van der Waals surface area (Å²) in [7, 11) is 0. The maximum absolute atomic E-state index is 13.4. The molecule has 0 unspecified atom stereocenters. The van der Waals surface area contributed by atoms with E-state index in [-0.39, 0.29) is 18.1 Å². The number of halogens is 1. The average Bonchev–Trinajstić information content (AvgIpc) is 2.81. The maximum atomic E-state index is 13.4. The number of hydrogen-bond acceptors (Lipinski definition) is 3. The molecule has 0 aliphatic rings. The highest BCUT2D eigenvalue weighted by molar-refractivity contribution is 5.81. The monoisotopic (exact) mass is 247 g/mol. The normalized spacial score (nSPS) is 10.6. The Morgan fingerprint density at radius 3 is 2.89 bits per heavy atom. The first-order valence-electron chi connectivity index (χ1n) is 5.70. The van der Waals surface area contributed by atoms with E-state index < -0.39 is 0 Å². The van der Waals surface area contributed by atoms with Crippen LogP contribution in [0.4, 0.5) is 4.39 Å². The van der Waals surface area contributed by atoms with E-state index in [0.717, 1.165) is 5.69 Å². The Bertz CT molecular complexity index is 551. The molecule has 2 N–H and O–H groups in total. The molecular weight excluding hydrogens is 233 g/mol. The van der Waals surface area contributed by atoms with Crippen LogP contribution in [-0.4, -0.2) is 22.0 Å². The lowest BCUT2D eigenvalue weighted by atomic mass is 10.1. The topological polar surface area (TPSA) is 60.9 Å². The highest BCUT2D eigenvalue weighted by Gasteiger charge is 2.10. The van der Waals surface area contributed by atoms with Crippen molar-refractivity contribution in [3.8, 4) is 0 Å². The molecule has 0 aliphatic carbocycles. The van der Waals surface area contributed by atoms with Gasteiger partial charge in [0.1, 0.15) is 12.1 Å². The van der Waals surface area contributed by atoms with Crippen LogP contribution in [0.25, 0.3) is 0 Å². The van der Waals surface area contributed by atoms with Gasteiger partial charge in [0.15, 0.2) is 0 Å². The van der Waals surface area contributed by atoms with Crippen LogP contribution in [0.3, 0.4) is 0 Å². The number of benzene rings is 1. The molecule has 0 bridgehead atoms. The molecule has 18 heavy (non-hydrogen) atoms. The van der Waals surface area contributed by atoms with Crippen molar-refractivity contribution in [3.63, 3.8) is 0 Å². The van der Waals surface area contributed by atoms with Crippen LogP contribution in [0.1, 0.15) is 16.1 Å². The Hall–Kier alpha value is -2.01. The van der Waals surface area contributed by atoms with Crippen molar-refractivity contribution in [2.75, 3.05) is 6.54 Å². The Kier molecular flexibility index (Phi) is 3.84. The molecule has 0 fully saturated rings. The van der Waals surface area contributed by atoms with Gasteiger partial charge < -0.3 is 5.73 Å². The fourth-order valence-electron chi connectivity index (χ4n) is 1.67. The average molecular weight is 247 g/mol. The van der Waals surface area contributed by atoms with E-state index in [1.165, 1.54) is 17.0 Å². The van der Waals surface area contributed by atoms with E-state index in [9.17, 15) is 9.18 Å². The zero-order valence-corrected chi connectivity index (χ0v) is 9.84. The van der Waals surface area contributed by atoms with Gasteiger partial charge in [-0.1, -0.05) is 18.2 Å². The number of aromatic nitrogens is 2. The van der Waals surface area contributed by atoms with Gasteiger partial charge in [-0.15, -0.1) is 0 Å². The van der Waals surface area contributed by atoms with Gasteiger partial charge in [0.2, 0.25) is 5.91 Å². The third-order valence-corrected chi connectivity index (χ3v) is 2.62. The van der Waals surface area contributed by atoms with Crippen LogP contribution in [0.15, 0.2) is 36.8 Å². The van der Waals surface area contributed by atoms with E-state index in [2.05, 4.69) is 4.98 Å². The van der Waals surface area contributed by atoms with Crippen molar-refractivity contribution in [1.29, 1.82) is 0 Å². The number of nitrogens with zero attached hydrogens (tertiary/aromatic N) is 2. The van der Waals surface area contributed by atoms with Gasteiger partial charge in [0.05, 0.1) is 12.1 Å². The first-order chi connectivity index (χ1) is 8.70. The first-order valence-corrected chi connectivity index (χ1v) is 5.70. The molecule has 0 amide bonds. The Labute approximate surface area is 104 Å². The second-order valence-electron chi connectivity index (χ2n) is 3.97. The third kappa shape index (κ3) is 2.81. The van der Waals surface area contributed by atoms with E-state index >= 15 is 0 Å². The van der Waals surface area contributed by atoms with Gasteiger partial charge in [0, 0.05) is 12.6 Å². The van der Waals surface area contributed by atoms with Crippen LogP contribution < -0.4 is 5.73 Å². The third-order valence-electron chi connectivity index (χ3n) is 2.62. The molecule has 1 heterocycles. The first kappa shape index (κ1) is 12.4. The fraction of sp³-hybridized carbons (Fsp3) is 0.231. The quantitative estimate of drug-likeness (QED) is 0.888. The maximum Gasteiger partial charge on any atom is 0.236 e. The van der Waals surface area contributed by atoms with Crippen LogP contribution in [0, 0.1) is 5.82 Å². The summed E-state index contributed by atoms with van der Waals surface area (Å²) in [5.74, 6) is -0.580. The second kappa shape index (κ2) is 5.55. The summed E-state index contributed by atoms with van der Waals surface area (Å²) in [6.45, 7) is 0.485. The predicted octanol–water partition coefficient (Wildman–Crippen LogP) is 1.41. The zero-order valence-electron chi connectivity index (χ0n) is 9.84. The van der Waals surface area contributed by atoms with Gasteiger partial charge in [-0.05, 0) is 18.2 Å². The number of nitrogens with two attached hydrogens (primary N) is 1. The summed E-state index contributed by atoms with van der Waals surface area (Å²) >= 11 is 0. The minimum Gasteiger partial charge on any atom is -0.330 e. The summed E-state index contributed by atoms with van der Waals surface area (Å²) in [5.41, 5.74) is 6.55. The van der Waals surface area contributed by atoms with Crippen LogP contribution >= 0.6 is 0 Å². The molecule has 5 heteroatoms. The van der Waals surface area contributed by atoms with Gasteiger partial charge in [0.25, 0.3) is 0 Å². The molecule has 0 spiro atoms. The lowest BCUT2D eigenvalue weighted by Crippen LogP contribution is -2.12. The summed E-state index contributed by atoms with van der Waals surface area (Å²) in [5, 5.41) is 0. The van der Waals surface area contributed by atoms with E-state index in [4.69, 9.17) is 5.73 Å². The van der Waals surface area contributed by atoms with E-state index in [1.54, 1.807) is 24.4 Å². The molecule has 1 aromatic carbocycles. The van der Waals surface area contributed by atoms with Gasteiger partial charge in [-0.3, -0.25) is 9.36 Å². The minimum atomic E-state index is -0.367. The van der Waals surface area contributed by atoms with Gasteiger partial charge >= 0.3 is 0 Å². The molecule has 0 saturated carbocycles. The molecule has 0 saturated heterocycles. The van der Waals surface area contributed by atoms with Crippen molar-refractivity contribution in [2.24, 2.45) is 5.73 Å². The fourth-order valence-corrected chi connectivity index (χ4v) is 1.67. The predicted molar refractivity (Wildman–Crippen MR) is 65.7 cm³/mol. The summed E-state index contributed by atoms with van der Waals surface area (Å²) in [4.78, 5) is 16.0. The lowest BCUT2D eigenvalue weighted by Gasteiger charge is -2.02. The van der Waals surface area contributed by atoms with Gasteiger partial charge in [-0.25, -0.2) is 9.37 Å². The zero-order chi connectivity index (χ0) is 13.0. The van der Waals surface area contributed by atoms with Crippen molar-refractivity contribution in [2.45, 2.75) is 12.8 Å². The lowest BCUT2D eigenvalue weighted by molar-refractivity contribution is 0.0912. The highest BCUT2D eigenvalue weighted by atomic mass is 19.1. The Morgan fingerprint density at radius 2 is 2.17 bits per heavy atom. The van der Waals surface area contributed by atoms with E-state index in [0.29, 0.717) is 18.5 Å². The van der Waals surface area contributed by atoms with Crippen molar-refractivity contribution < 1.29 is 9.18 Å². The summed E-state index contributed by atoms with van der Waals surface area (Å²) in [6.07, 6.45) is 3.72. The molecule has 2 aromatic rings. The summed E-state index contributed by atoms with van der Waals surface area (Å²) < 4.78 is 14.8. The van der Waals surface area contributed by atoms with Crippen LogP contribution in [0.5, 0.6) is 0 Å².